The van der Waals surface area contributed by atoms with Gasteiger partial charge in [-0.05, 0) is 24.8 Å². The van der Waals surface area contributed by atoms with E-state index >= 15 is 0 Å². The van der Waals surface area contributed by atoms with Gasteiger partial charge in [0, 0.05) is 45.3 Å². The Hall–Kier alpha value is -1.57. The Balaban J connectivity index is 1.46. The fourth-order valence-electron chi connectivity index (χ4n) is 4.09. The second kappa shape index (κ2) is 7.98. The van der Waals surface area contributed by atoms with Crippen molar-refractivity contribution >= 4 is 28.7 Å². The van der Waals surface area contributed by atoms with Crippen molar-refractivity contribution in [1.29, 1.82) is 0 Å². The minimum absolute atomic E-state index is 0.216. The third kappa shape index (κ3) is 3.61. The van der Waals surface area contributed by atoms with E-state index in [9.17, 15) is 4.79 Å². The van der Waals surface area contributed by atoms with Crippen LogP contribution in [0.2, 0.25) is 0 Å². The highest BCUT2D eigenvalue weighted by Gasteiger charge is 2.31. The summed E-state index contributed by atoms with van der Waals surface area (Å²) in [6, 6.07) is 8.63. The molecule has 0 spiro atoms. The van der Waals surface area contributed by atoms with Gasteiger partial charge in [-0.3, -0.25) is 9.69 Å². The van der Waals surface area contributed by atoms with Crippen LogP contribution in [0.1, 0.15) is 12.2 Å². The predicted octanol–water partition coefficient (Wildman–Crippen LogP) is 1.41. The summed E-state index contributed by atoms with van der Waals surface area (Å²) in [6.07, 6.45) is 3.16. The van der Waals surface area contributed by atoms with Crippen LogP contribution < -0.4 is 5.32 Å². The lowest BCUT2D eigenvalue weighted by Crippen LogP contribution is -2.49. The van der Waals surface area contributed by atoms with Gasteiger partial charge in [0.15, 0.2) is 0 Å². The molecule has 2 aliphatic rings. The number of imidazole rings is 1. The summed E-state index contributed by atoms with van der Waals surface area (Å²) in [5, 5.41) is 3.40. The Morgan fingerprint density at radius 3 is 2.88 bits per heavy atom. The molecule has 1 atom stereocenters. The van der Waals surface area contributed by atoms with Gasteiger partial charge in [-0.2, -0.15) is 11.8 Å². The molecule has 26 heavy (non-hydrogen) atoms. The molecule has 2 aromatic rings. The van der Waals surface area contributed by atoms with Gasteiger partial charge in [0.25, 0.3) is 0 Å². The minimum atomic E-state index is 0.216. The normalized spacial score (nSPS) is 21.6. The second-order valence-corrected chi connectivity index (χ2v) is 7.97. The van der Waals surface area contributed by atoms with Gasteiger partial charge in [-0.25, -0.2) is 4.98 Å². The molecule has 2 fully saturated rings. The molecule has 1 aromatic heterocycles. The number of hydrogen-bond acceptors (Lipinski definition) is 5. The highest BCUT2D eigenvalue weighted by molar-refractivity contribution is 7.97. The number of nitrogens with one attached hydrogen (secondary N) is 1. The van der Waals surface area contributed by atoms with Crippen molar-refractivity contribution < 1.29 is 4.79 Å². The number of para-hydroxylation sites is 2. The van der Waals surface area contributed by atoms with Gasteiger partial charge >= 0.3 is 0 Å². The SMILES string of the molecule is CSCc1nc2ccccc2n1CC(=O)N1CCC(N2CCNCC2)C1. The van der Waals surface area contributed by atoms with Gasteiger partial charge in [0.2, 0.25) is 5.91 Å². The molecule has 7 heteroatoms. The third-order valence-electron chi connectivity index (χ3n) is 5.48. The number of nitrogens with zero attached hydrogens (tertiary/aromatic N) is 4. The number of aromatic nitrogens is 2. The van der Waals surface area contributed by atoms with Crippen LogP contribution >= 0.6 is 11.8 Å². The molecule has 2 saturated heterocycles. The van der Waals surface area contributed by atoms with E-state index in [2.05, 4.69) is 27.1 Å². The van der Waals surface area contributed by atoms with Crippen molar-refractivity contribution in [2.45, 2.75) is 24.8 Å². The van der Waals surface area contributed by atoms with Crippen LogP contribution in [0, 0.1) is 0 Å². The number of likely N-dealkylation sites (tertiary alicyclic amines) is 1. The van der Waals surface area contributed by atoms with Gasteiger partial charge in [0.05, 0.1) is 16.8 Å². The molecule has 1 amide bonds. The monoisotopic (exact) mass is 373 g/mol. The molecule has 140 valence electrons. The molecule has 2 aliphatic heterocycles. The molecule has 1 N–H and O–H groups in total. The molecule has 4 rings (SSSR count). The standard InChI is InChI=1S/C19H27N5OS/c1-26-14-18-21-16-4-2-3-5-17(16)24(18)13-19(25)23-9-6-15(12-23)22-10-7-20-8-11-22/h2-5,15,20H,6-14H2,1H3. The van der Waals surface area contributed by atoms with Crippen LogP contribution in [-0.2, 0) is 17.1 Å². The summed E-state index contributed by atoms with van der Waals surface area (Å²) in [5.74, 6) is 2.03. The molecule has 3 heterocycles. The van der Waals surface area contributed by atoms with Crippen LogP contribution in [0.15, 0.2) is 24.3 Å². The Morgan fingerprint density at radius 1 is 1.27 bits per heavy atom. The number of rotatable bonds is 5. The van der Waals surface area contributed by atoms with Gasteiger partial charge < -0.3 is 14.8 Å². The summed E-state index contributed by atoms with van der Waals surface area (Å²) < 4.78 is 2.10. The van der Waals surface area contributed by atoms with E-state index in [1.54, 1.807) is 11.8 Å². The lowest BCUT2D eigenvalue weighted by Gasteiger charge is -2.32. The van der Waals surface area contributed by atoms with Crippen LogP contribution in [0.3, 0.4) is 0 Å². The average Bonchev–Trinajstić information content (AvgIpc) is 3.29. The van der Waals surface area contributed by atoms with Crippen molar-refractivity contribution in [2.75, 3.05) is 45.5 Å². The molecular formula is C19H27N5OS. The maximum Gasteiger partial charge on any atom is 0.242 e. The number of amides is 1. The lowest BCUT2D eigenvalue weighted by atomic mass is 10.2. The summed E-state index contributed by atoms with van der Waals surface area (Å²) >= 11 is 1.74. The summed E-state index contributed by atoms with van der Waals surface area (Å²) in [5.41, 5.74) is 2.03. The molecule has 6 nitrogen and oxygen atoms in total. The first-order chi connectivity index (χ1) is 12.8. The van der Waals surface area contributed by atoms with Crippen molar-refractivity contribution in [3.63, 3.8) is 0 Å². The largest absolute Gasteiger partial charge is 0.340 e. The van der Waals surface area contributed by atoms with Crippen LogP contribution in [0.25, 0.3) is 11.0 Å². The number of thioether (sulfide) groups is 1. The third-order valence-corrected chi connectivity index (χ3v) is 6.03. The first kappa shape index (κ1) is 17.8. The minimum Gasteiger partial charge on any atom is -0.340 e. The van der Waals surface area contributed by atoms with E-state index in [1.807, 2.05) is 23.1 Å². The molecule has 0 aliphatic carbocycles. The summed E-state index contributed by atoms with van der Waals surface area (Å²) in [6.45, 7) is 6.44. The Labute approximate surface area is 158 Å². The zero-order chi connectivity index (χ0) is 17.9. The molecule has 0 saturated carbocycles. The van der Waals surface area contributed by atoms with Crippen LogP contribution in [0.4, 0.5) is 0 Å². The molecule has 1 aromatic carbocycles. The Bertz CT molecular complexity index is 770. The first-order valence-corrected chi connectivity index (χ1v) is 10.8. The zero-order valence-corrected chi connectivity index (χ0v) is 16.2. The molecule has 0 radical (unpaired) electrons. The number of fused-ring (bicyclic) bond motifs is 1. The lowest BCUT2D eigenvalue weighted by molar-refractivity contribution is -0.130. The highest BCUT2D eigenvalue weighted by Crippen LogP contribution is 2.21. The Morgan fingerprint density at radius 2 is 2.08 bits per heavy atom. The number of carbonyl (C=O) groups excluding carboxylic acids is 1. The fourth-order valence-corrected chi connectivity index (χ4v) is 4.57. The van der Waals surface area contributed by atoms with Crippen LogP contribution in [0.5, 0.6) is 0 Å². The predicted molar refractivity (Wildman–Crippen MR) is 106 cm³/mol. The van der Waals surface area contributed by atoms with E-state index in [-0.39, 0.29) is 5.91 Å². The zero-order valence-electron chi connectivity index (χ0n) is 15.4. The highest BCUT2D eigenvalue weighted by atomic mass is 32.2. The number of benzene rings is 1. The van der Waals surface area contributed by atoms with E-state index in [0.29, 0.717) is 12.6 Å². The van der Waals surface area contributed by atoms with Gasteiger partial charge in [-0.15, -0.1) is 0 Å². The number of piperazine rings is 1. The smallest absolute Gasteiger partial charge is 0.242 e. The van der Waals surface area contributed by atoms with Gasteiger partial charge in [-0.1, -0.05) is 12.1 Å². The molecule has 1 unspecified atom stereocenters. The molecule has 0 bridgehead atoms. The van der Waals surface area contributed by atoms with Crippen molar-refractivity contribution in [2.24, 2.45) is 0 Å². The first-order valence-electron chi connectivity index (χ1n) is 9.42. The maximum absolute atomic E-state index is 13.0. The fraction of sp³-hybridized carbons (Fsp3) is 0.579. The van der Waals surface area contributed by atoms with E-state index in [0.717, 1.165) is 68.3 Å². The van der Waals surface area contributed by atoms with Crippen LogP contribution in [-0.4, -0.2) is 76.8 Å². The quantitative estimate of drug-likeness (QED) is 0.859. The maximum atomic E-state index is 13.0. The van der Waals surface area contributed by atoms with E-state index in [1.165, 1.54) is 0 Å². The van der Waals surface area contributed by atoms with Crippen molar-refractivity contribution in [1.82, 2.24) is 24.7 Å². The molecular weight excluding hydrogens is 346 g/mol. The topological polar surface area (TPSA) is 53.4 Å². The van der Waals surface area contributed by atoms with Gasteiger partial charge in [0.1, 0.15) is 12.4 Å². The Kier molecular flexibility index (Phi) is 5.47. The number of carbonyl (C=O) groups is 1. The summed E-state index contributed by atoms with van der Waals surface area (Å²) in [4.78, 5) is 22.3. The van der Waals surface area contributed by atoms with Crippen molar-refractivity contribution in [3.05, 3.63) is 30.1 Å². The van der Waals surface area contributed by atoms with E-state index in [4.69, 9.17) is 4.98 Å². The average molecular weight is 374 g/mol. The second-order valence-electron chi connectivity index (χ2n) is 7.10. The summed E-state index contributed by atoms with van der Waals surface area (Å²) in [7, 11) is 0. The number of hydrogen-bond donors (Lipinski definition) is 1. The van der Waals surface area contributed by atoms with E-state index < -0.39 is 0 Å². The van der Waals surface area contributed by atoms with Crippen molar-refractivity contribution in [3.8, 4) is 0 Å².